The number of rotatable bonds is 4. The van der Waals surface area contributed by atoms with Crippen LogP contribution in [0.5, 0.6) is 5.75 Å². The van der Waals surface area contributed by atoms with Gasteiger partial charge in [0.2, 0.25) is 0 Å². The second-order valence-corrected chi connectivity index (χ2v) is 6.52. The van der Waals surface area contributed by atoms with Crippen LogP contribution in [0.25, 0.3) is 0 Å². The topological polar surface area (TPSA) is 30.5 Å². The Balaban J connectivity index is 1.31. The van der Waals surface area contributed by atoms with E-state index in [1.807, 2.05) is 6.07 Å². The third-order valence-corrected chi connectivity index (χ3v) is 5.26. The summed E-state index contributed by atoms with van der Waals surface area (Å²) in [6, 6.07) is 9.82. The number of hydrogen-bond donors (Lipinski definition) is 1. The molecule has 3 aliphatic rings. The molecule has 1 aromatic rings. The first-order chi connectivity index (χ1) is 9.81. The number of ether oxygens (including phenoxy) is 2. The van der Waals surface area contributed by atoms with Crippen LogP contribution in [-0.4, -0.2) is 31.4 Å². The van der Waals surface area contributed by atoms with Crippen molar-refractivity contribution in [3.63, 3.8) is 0 Å². The molecule has 1 aromatic carbocycles. The van der Waals surface area contributed by atoms with Crippen LogP contribution in [0.1, 0.15) is 43.6 Å². The van der Waals surface area contributed by atoms with Crippen molar-refractivity contribution in [1.29, 1.82) is 0 Å². The minimum Gasteiger partial charge on any atom is -0.497 e. The quantitative estimate of drug-likeness (QED) is 0.915. The Morgan fingerprint density at radius 3 is 2.80 bits per heavy atom. The lowest BCUT2D eigenvalue weighted by Crippen LogP contribution is -2.49. The molecule has 20 heavy (non-hydrogen) atoms. The molecular formula is C17H23NO2. The predicted molar refractivity (Wildman–Crippen MR) is 78.2 cm³/mol. The average molecular weight is 273 g/mol. The van der Waals surface area contributed by atoms with Crippen LogP contribution in [-0.2, 0) is 4.74 Å². The first-order valence-corrected chi connectivity index (χ1v) is 7.87. The Hall–Kier alpha value is -1.06. The van der Waals surface area contributed by atoms with E-state index in [2.05, 4.69) is 23.5 Å². The van der Waals surface area contributed by atoms with Gasteiger partial charge in [0, 0.05) is 12.1 Å². The van der Waals surface area contributed by atoms with Crippen LogP contribution >= 0.6 is 0 Å². The number of fused-ring (bicyclic) bond motifs is 2. The lowest BCUT2D eigenvalue weighted by Gasteiger charge is -2.39. The number of nitrogens with one attached hydrogen (secondary N) is 1. The van der Waals surface area contributed by atoms with Gasteiger partial charge in [-0.15, -0.1) is 0 Å². The summed E-state index contributed by atoms with van der Waals surface area (Å²) in [6.07, 6.45) is 7.31. The molecule has 2 aliphatic heterocycles. The Bertz CT molecular complexity index is 484. The minimum absolute atomic E-state index is 0.496. The lowest BCUT2D eigenvalue weighted by molar-refractivity contribution is 0.0931. The summed E-state index contributed by atoms with van der Waals surface area (Å²) >= 11 is 0. The summed E-state index contributed by atoms with van der Waals surface area (Å²) in [5.74, 6) is 1.67. The van der Waals surface area contributed by atoms with Gasteiger partial charge in [0.15, 0.2) is 0 Å². The molecule has 1 aliphatic carbocycles. The molecule has 3 fully saturated rings. The highest BCUT2D eigenvalue weighted by Crippen LogP contribution is 2.40. The molecule has 2 saturated heterocycles. The molecule has 4 rings (SSSR count). The van der Waals surface area contributed by atoms with E-state index < -0.39 is 0 Å². The maximum atomic E-state index is 5.92. The van der Waals surface area contributed by atoms with Gasteiger partial charge in [-0.1, -0.05) is 12.1 Å². The number of hydrogen-bond acceptors (Lipinski definition) is 3. The Kier molecular flexibility index (Phi) is 3.20. The largest absolute Gasteiger partial charge is 0.497 e. The summed E-state index contributed by atoms with van der Waals surface area (Å²) < 4.78 is 11.2. The second-order valence-electron chi connectivity index (χ2n) is 6.52. The number of methoxy groups -OCH3 is 1. The highest BCUT2D eigenvalue weighted by Gasteiger charge is 2.43. The van der Waals surface area contributed by atoms with Crippen molar-refractivity contribution in [2.45, 2.75) is 62.3 Å². The Labute approximate surface area is 120 Å². The highest BCUT2D eigenvalue weighted by atomic mass is 16.5. The zero-order valence-corrected chi connectivity index (χ0v) is 12.0. The fraction of sp³-hybridized carbons (Fsp3) is 0.647. The second kappa shape index (κ2) is 5.05. The molecule has 3 atom stereocenters. The van der Waals surface area contributed by atoms with Crippen LogP contribution in [0, 0.1) is 0 Å². The van der Waals surface area contributed by atoms with E-state index in [0.29, 0.717) is 30.2 Å². The molecule has 0 aromatic heterocycles. The molecule has 3 nitrogen and oxygen atoms in total. The van der Waals surface area contributed by atoms with Crippen molar-refractivity contribution < 1.29 is 9.47 Å². The van der Waals surface area contributed by atoms with Crippen LogP contribution < -0.4 is 10.1 Å². The van der Waals surface area contributed by atoms with Gasteiger partial charge >= 0.3 is 0 Å². The van der Waals surface area contributed by atoms with Gasteiger partial charge in [-0.25, -0.2) is 0 Å². The third kappa shape index (κ3) is 2.23. The molecule has 2 heterocycles. The van der Waals surface area contributed by atoms with Crippen LogP contribution in [0.15, 0.2) is 24.3 Å². The van der Waals surface area contributed by atoms with E-state index in [9.17, 15) is 0 Å². The van der Waals surface area contributed by atoms with Crippen molar-refractivity contribution >= 4 is 0 Å². The monoisotopic (exact) mass is 273 g/mol. The van der Waals surface area contributed by atoms with Crippen molar-refractivity contribution in [2.24, 2.45) is 0 Å². The molecule has 108 valence electrons. The molecule has 3 unspecified atom stereocenters. The molecular weight excluding hydrogens is 250 g/mol. The van der Waals surface area contributed by atoms with Gasteiger partial charge in [0.25, 0.3) is 0 Å². The Morgan fingerprint density at radius 1 is 1.20 bits per heavy atom. The number of benzene rings is 1. The van der Waals surface area contributed by atoms with E-state index in [-0.39, 0.29) is 0 Å². The van der Waals surface area contributed by atoms with Gasteiger partial charge in [0.1, 0.15) is 5.75 Å². The van der Waals surface area contributed by atoms with Crippen LogP contribution in [0.4, 0.5) is 0 Å². The fourth-order valence-electron chi connectivity index (χ4n) is 4.04. The van der Waals surface area contributed by atoms with Gasteiger partial charge in [-0.3, -0.25) is 0 Å². The summed E-state index contributed by atoms with van der Waals surface area (Å²) in [5, 5.41) is 3.82. The van der Waals surface area contributed by atoms with Crippen LogP contribution in [0.3, 0.4) is 0 Å². The van der Waals surface area contributed by atoms with Gasteiger partial charge < -0.3 is 14.8 Å². The van der Waals surface area contributed by atoms with Crippen molar-refractivity contribution in [3.8, 4) is 5.75 Å². The van der Waals surface area contributed by atoms with Crippen molar-refractivity contribution in [1.82, 2.24) is 5.32 Å². The van der Waals surface area contributed by atoms with E-state index in [1.165, 1.54) is 37.7 Å². The highest BCUT2D eigenvalue weighted by molar-refractivity contribution is 5.32. The maximum Gasteiger partial charge on any atom is 0.119 e. The van der Waals surface area contributed by atoms with Gasteiger partial charge in [-0.05, 0) is 55.7 Å². The smallest absolute Gasteiger partial charge is 0.119 e. The standard InChI is InChI=1S/C17H23NO2/c1-19-14-4-2-3-11(9-14)12-7-13(8-12)18-16-10-15-5-6-17(16)20-15/h2-4,9,12-13,15-18H,5-8,10H2,1H3. The summed E-state index contributed by atoms with van der Waals surface area (Å²) in [4.78, 5) is 0. The van der Waals surface area contributed by atoms with E-state index >= 15 is 0 Å². The SMILES string of the molecule is COc1cccc(C2CC(NC3CC4CCC3O4)C2)c1. The first-order valence-electron chi connectivity index (χ1n) is 7.87. The first kappa shape index (κ1) is 12.7. The molecule has 0 radical (unpaired) electrons. The van der Waals surface area contributed by atoms with Crippen LogP contribution in [0.2, 0.25) is 0 Å². The molecule has 0 spiro atoms. The average Bonchev–Trinajstić information content (AvgIpc) is 3.05. The minimum atomic E-state index is 0.496. The van der Waals surface area contributed by atoms with E-state index in [0.717, 1.165) is 5.75 Å². The van der Waals surface area contributed by atoms with Crippen molar-refractivity contribution in [3.05, 3.63) is 29.8 Å². The zero-order chi connectivity index (χ0) is 13.5. The van der Waals surface area contributed by atoms with E-state index in [4.69, 9.17) is 9.47 Å². The van der Waals surface area contributed by atoms with E-state index in [1.54, 1.807) is 7.11 Å². The Morgan fingerprint density at radius 2 is 2.10 bits per heavy atom. The normalized spacial score (nSPS) is 38.8. The molecule has 2 bridgehead atoms. The molecule has 0 amide bonds. The lowest BCUT2D eigenvalue weighted by atomic mass is 9.75. The van der Waals surface area contributed by atoms with Crippen molar-refractivity contribution in [2.75, 3.05) is 7.11 Å². The maximum absolute atomic E-state index is 5.92. The zero-order valence-electron chi connectivity index (χ0n) is 12.0. The molecule has 1 saturated carbocycles. The van der Waals surface area contributed by atoms with Gasteiger partial charge in [-0.2, -0.15) is 0 Å². The summed E-state index contributed by atoms with van der Waals surface area (Å²) in [5.41, 5.74) is 1.42. The molecule has 1 N–H and O–H groups in total. The predicted octanol–water partition coefficient (Wildman–Crippen LogP) is 2.85. The van der Waals surface area contributed by atoms with Gasteiger partial charge in [0.05, 0.1) is 19.3 Å². The molecule has 3 heteroatoms. The third-order valence-electron chi connectivity index (χ3n) is 5.26. The summed E-state index contributed by atoms with van der Waals surface area (Å²) in [6.45, 7) is 0. The summed E-state index contributed by atoms with van der Waals surface area (Å²) in [7, 11) is 1.74. The fourth-order valence-corrected chi connectivity index (χ4v) is 4.04.